The van der Waals surface area contributed by atoms with Crippen LogP contribution in [-0.4, -0.2) is 12.8 Å². The summed E-state index contributed by atoms with van der Waals surface area (Å²) in [5.74, 6) is 0.415. The zero-order valence-electron chi connectivity index (χ0n) is 10.9. The standard InChI is InChI=1S/C15H14Cl2FNS/c1-19-15(13-6-5-11(17)8-14(13)18)9-20-12-4-2-3-10(16)7-12/h2-8,15,19H,9H2,1H3. The topological polar surface area (TPSA) is 12.0 Å². The van der Waals surface area contributed by atoms with Crippen LogP contribution in [0.2, 0.25) is 10.0 Å². The van der Waals surface area contributed by atoms with Crippen molar-refractivity contribution >= 4 is 35.0 Å². The summed E-state index contributed by atoms with van der Waals surface area (Å²) in [5, 5.41) is 4.24. The molecule has 0 saturated heterocycles. The predicted octanol–water partition coefficient (Wildman–Crippen LogP) is 5.19. The number of thioether (sulfide) groups is 1. The number of hydrogen-bond acceptors (Lipinski definition) is 2. The lowest BCUT2D eigenvalue weighted by atomic mass is 10.1. The molecule has 1 unspecified atom stereocenters. The van der Waals surface area contributed by atoms with Gasteiger partial charge in [-0.15, -0.1) is 11.8 Å². The Hall–Kier alpha value is -0.740. The summed E-state index contributed by atoms with van der Waals surface area (Å²) in [4.78, 5) is 1.06. The normalized spacial score (nSPS) is 12.4. The fourth-order valence-electron chi connectivity index (χ4n) is 1.85. The van der Waals surface area contributed by atoms with Crippen LogP contribution in [-0.2, 0) is 0 Å². The first-order valence-corrected chi connectivity index (χ1v) is 7.85. The third-order valence-corrected chi connectivity index (χ3v) is 4.46. The van der Waals surface area contributed by atoms with Crippen LogP contribution in [0.4, 0.5) is 4.39 Å². The molecule has 1 nitrogen and oxygen atoms in total. The molecule has 2 rings (SSSR count). The highest BCUT2D eigenvalue weighted by Gasteiger charge is 2.14. The Bertz CT molecular complexity index is 592. The summed E-state index contributed by atoms with van der Waals surface area (Å²) >= 11 is 13.4. The lowest BCUT2D eigenvalue weighted by molar-refractivity contribution is 0.566. The molecular formula is C15H14Cl2FNS. The van der Waals surface area contributed by atoms with Crippen LogP contribution in [0.3, 0.4) is 0 Å². The smallest absolute Gasteiger partial charge is 0.129 e. The quantitative estimate of drug-likeness (QED) is 0.758. The second-order valence-electron chi connectivity index (χ2n) is 4.28. The summed E-state index contributed by atoms with van der Waals surface area (Å²) in [7, 11) is 1.82. The Morgan fingerprint density at radius 3 is 2.55 bits per heavy atom. The fourth-order valence-corrected chi connectivity index (χ4v) is 3.35. The maximum Gasteiger partial charge on any atom is 0.129 e. The first kappa shape index (κ1) is 15.6. The van der Waals surface area contributed by atoms with E-state index >= 15 is 0 Å². The van der Waals surface area contributed by atoms with E-state index in [1.807, 2.05) is 31.3 Å². The van der Waals surface area contributed by atoms with Crippen molar-refractivity contribution in [3.8, 4) is 0 Å². The van der Waals surface area contributed by atoms with Gasteiger partial charge in [-0.25, -0.2) is 4.39 Å². The van der Waals surface area contributed by atoms with E-state index in [1.54, 1.807) is 23.9 Å². The molecule has 0 amide bonds. The van der Waals surface area contributed by atoms with Crippen molar-refractivity contribution in [2.24, 2.45) is 0 Å². The van der Waals surface area contributed by atoms with Crippen LogP contribution in [0.1, 0.15) is 11.6 Å². The van der Waals surface area contributed by atoms with E-state index in [0.717, 1.165) is 4.90 Å². The van der Waals surface area contributed by atoms with E-state index < -0.39 is 0 Å². The van der Waals surface area contributed by atoms with Gasteiger partial charge in [0.15, 0.2) is 0 Å². The third-order valence-electron chi connectivity index (χ3n) is 2.90. The molecule has 0 aromatic heterocycles. The third kappa shape index (κ3) is 4.13. The molecule has 0 spiro atoms. The molecular weight excluding hydrogens is 316 g/mol. The van der Waals surface area contributed by atoms with E-state index in [4.69, 9.17) is 23.2 Å². The van der Waals surface area contributed by atoms with Crippen LogP contribution in [0.25, 0.3) is 0 Å². The van der Waals surface area contributed by atoms with Gasteiger partial charge in [0.25, 0.3) is 0 Å². The Kier molecular flexibility index (Phi) is 5.73. The van der Waals surface area contributed by atoms with Gasteiger partial charge in [0.2, 0.25) is 0 Å². The molecule has 20 heavy (non-hydrogen) atoms. The maximum absolute atomic E-state index is 13.9. The van der Waals surface area contributed by atoms with Gasteiger partial charge in [-0.05, 0) is 37.4 Å². The van der Waals surface area contributed by atoms with Crippen LogP contribution >= 0.6 is 35.0 Å². The Morgan fingerprint density at radius 1 is 1.15 bits per heavy atom. The van der Waals surface area contributed by atoms with Crippen molar-refractivity contribution in [1.29, 1.82) is 0 Å². The Balaban J connectivity index is 2.09. The van der Waals surface area contributed by atoms with Gasteiger partial charge in [0.05, 0.1) is 0 Å². The monoisotopic (exact) mass is 329 g/mol. The lowest BCUT2D eigenvalue weighted by Gasteiger charge is -2.17. The Morgan fingerprint density at radius 2 is 1.90 bits per heavy atom. The van der Waals surface area contributed by atoms with Crippen molar-refractivity contribution in [2.45, 2.75) is 10.9 Å². The molecule has 1 N–H and O–H groups in total. The first-order valence-electron chi connectivity index (χ1n) is 6.10. The molecule has 2 aromatic rings. The molecule has 0 radical (unpaired) electrons. The second kappa shape index (κ2) is 7.32. The summed E-state index contributed by atoms with van der Waals surface area (Å²) in [6.45, 7) is 0. The molecule has 106 valence electrons. The van der Waals surface area contributed by atoms with Crippen LogP contribution in [0.5, 0.6) is 0 Å². The van der Waals surface area contributed by atoms with Gasteiger partial charge in [-0.3, -0.25) is 0 Å². The summed E-state index contributed by atoms with van der Waals surface area (Å²) < 4.78 is 13.9. The van der Waals surface area contributed by atoms with E-state index in [0.29, 0.717) is 21.4 Å². The number of nitrogens with one attached hydrogen (secondary N) is 1. The average Bonchev–Trinajstić information content (AvgIpc) is 2.41. The van der Waals surface area contributed by atoms with E-state index in [1.165, 1.54) is 6.07 Å². The van der Waals surface area contributed by atoms with E-state index in [-0.39, 0.29) is 11.9 Å². The molecule has 0 aliphatic carbocycles. The number of halogens is 3. The van der Waals surface area contributed by atoms with Crippen molar-refractivity contribution in [1.82, 2.24) is 5.32 Å². The fraction of sp³-hybridized carbons (Fsp3) is 0.200. The van der Waals surface area contributed by atoms with Gasteiger partial charge < -0.3 is 5.32 Å². The minimum Gasteiger partial charge on any atom is -0.312 e. The van der Waals surface area contributed by atoms with Crippen LogP contribution < -0.4 is 5.32 Å². The number of benzene rings is 2. The molecule has 0 heterocycles. The minimum absolute atomic E-state index is 0.0868. The highest BCUT2D eigenvalue weighted by molar-refractivity contribution is 7.99. The zero-order chi connectivity index (χ0) is 14.5. The van der Waals surface area contributed by atoms with Gasteiger partial charge in [0.1, 0.15) is 5.82 Å². The van der Waals surface area contributed by atoms with E-state index in [9.17, 15) is 4.39 Å². The molecule has 0 aliphatic rings. The number of rotatable bonds is 5. The highest BCUT2D eigenvalue weighted by atomic mass is 35.5. The predicted molar refractivity (Wildman–Crippen MR) is 85.4 cm³/mol. The summed E-state index contributed by atoms with van der Waals surface area (Å²) in [6.07, 6.45) is 0. The van der Waals surface area contributed by atoms with Crippen LogP contribution in [0, 0.1) is 5.82 Å². The van der Waals surface area contributed by atoms with Crippen molar-refractivity contribution in [3.63, 3.8) is 0 Å². The maximum atomic E-state index is 13.9. The molecule has 5 heteroatoms. The average molecular weight is 330 g/mol. The summed E-state index contributed by atoms with van der Waals surface area (Å²) in [5.41, 5.74) is 0.617. The molecule has 1 atom stereocenters. The SMILES string of the molecule is CNC(CSc1cccc(Cl)c1)c1ccc(Cl)cc1F. The zero-order valence-corrected chi connectivity index (χ0v) is 13.2. The second-order valence-corrected chi connectivity index (χ2v) is 6.24. The molecule has 0 bridgehead atoms. The molecule has 0 fully saturated rings. The van der Waals surface area contributed by atoms with E-state index in [2.05, 4.69) is 5.32 Å². The van der Waals surface area contributed by atoms with Gasteiger partial charge in [-0.1, -0.05) is 35.3 Å². The van der Waals surface area contributed by atoms with Crippen molar-refractivity contribution < 1.29 is 4.39 Å². The largest absolute Gasteiger partial charge is 0.312 e. The van der Waals surface area contributed by atoms with Crippen LogP contribution in [0.15, 0.2) is 47.4 Å². The molecule has 0 saturated carbocycles. The van der Waals surface area contributed by atoms with Gasteiger partial charge in [-0.2, -0.15) is 0 Å². The number of hydrogen-bond donors (Lipinski definition) is 1. The highest BCUT2D eigenvalue weighted by Crippen LogP contribution is 2.28. The minimum atomic E-state index is -0.288. The van der Waals surface area contributed by atoms with Crippen molar-refractivity contribution in [2.75, 3.05) is 12.8 Å². The van der Waals surface area contributed by atoms with Gasteiger partial charge >= 0.3 is 0 Å². The summed E-state index contributed by atoms with van der Waals surface area (Å²) in [6, 6.07) is 12.3. The molecule has 2 aromatic carbocycles. The lowest BCUT2D eigenvalue weighted by Crippen LogP contribution is -2.20. The molecule has 0 aliphatic heterocycles. The first-order chi connectivity index (χ1) is 9.60. The van der Waals surface area contributed by atoms with Gasteiger partial charge in [0, 0.05) is 32.3 Å². The Labute approximate surface area is 132 Å². The van der Waals surface area contributed by atoms with Crippen molar-refractivity contribution in [3.05, 3.63) is 63.9 Å².